The van der Waals surface area contributed by atoms with E-state index < -0.39 is 0 Å². The molecule has 2 rings (SSSR count). The maximum Gasteiger partial charge on any atom is 0.146 e. The molecule has 0 aliphatic rings. The fourth-order valence-corrected chi connectivity index (χ4v) is 1.40. The van der Waals surface area contributed by atoms with Crippen molar-refractivity contribution in [2.75, 3.05) is 5.73 Å². The van der Waals surface area contributed by atoms with Gasteiger partial charge in [0.15, 0.2) is 0 Å². The molecule has 5 heteroatoms. The summed E-state index contributed by atoms with van der Waals surface area (Å²) in [6.07, 6.45) is 3.10. The van der Waals surface area contributed by atoms with Crippen molar-refractivity contribution in [3.05, 3.63) is 35.4 Å². The van der Waals surface area contributed by atoms with Crippen LogP contribution >= 0.6 is 11.6 Å². The van der Waals surface area contributed by atoms with Crippen LogP contribution in [0.1, 0.15) is 5.69 Å². The average molecular weight is 221 g/mol. The van der Waals surface area contributed by atoms with Crippen LogP contribution in [0.2, 0.25) is 5.02 Å². The third-order valence-corrected chi connectivity index (χ3v) is 2.37. The molecule has 2 aromatic rings. The van der Waals surface area contributed by atoms with E-state index in [1.807, 2.05) is 19.1 Å². The second-order valence-corrected chi connectivity index (χ2v) is 3.49. The van der Waals surface area contributed by atoms with E-state index in [1.165, 1.54) is 6.33 Å². The highest BCUT2D eigenvalue weighted by molar-refractivity contribution is 6.35. The molecule has 0 unspecified atom stereocenters. The highest BCUT2D eigenvalue weighted by Gasteiger charge is 2.08. The van der Waals surface area contributed by atoms with Gasteiger partial charge in [-0.3, -0.25) is 4.98 Å². The van der Waals surface area contributed by atoms with E-state index >= 15 is 0 Å². The summed E-state index contributed by atoms with van der Waals surface area (Å²) in [5.41, 5.74) is 7.97. The number of aromatic nitrogens is 3. The molecule has 0 saturated heterocycles. The fraction of sp³-hybridized carbons (Fsp3) is 0.100. The first-order valence-electron chi connectivity index (χ1n) is 4.37. The highest BCUT2D eigenvalue weighted by Crippen LogP contribution is 2.27. The van der Waals surface area contributed by atoms with E-state index in [0.29, 0.717) is 10.7 Å². The second kappa shape index (κ2) is 3.82. The maximum absolute atomic E-state index is 5.99. The third-order valence-electron chi connectivity index (χ3n) is 2.00. The highest BCUT2D eigenvalue weighted by atomic mass is 35.5. The molecule has 0 amide bonds. The zero-order valence-electron chi connectivity index (χ0n) is 8.11. The van der Waals surface area contributed by atoms with E-state index in [1.54, 1.807) is 6.20 Å². The number of pyridine rings is 1. The number of nitrogen functional groups attached to an aromatic ring is 1. The molecule has 0 fully saturated rings. The van der Waals surface area contributed by atoms with Gasteiger partial charge in [0.2, 0.25) is 0 Å². The summed E-state index contributed by atoms with van der Waals surface area (Å²) in [5, 5.41) is 0.364. The third kappa shape index (κ3) is 1.89. The summed E-state index contributed by atoms with van der Waals surface area (Å²) in [4.78, 5) is 12.0. The van der Waals surface area contributed by atoms with Crippen molar-refractivity contribution >= 4 is 17.4 Å². The summed E-state index contributed by atoms with van der Waals surface area (Å²) in [7, 11) is 0. The topological polar surface area (TPSA) is 64.7 Å². The van der Waals surface area contributed by atoms with Crippen molar-refractivity contribution in [1.82, 2.24) is 15.0 Å². The van der Waals surface area contributed by atoms with Gasteiger partial charge >= 0.3 is 0 Å². The van der Waals surface area contributed by atoms with Gasteiger partial charge in [-0.1, -0.05) is 11.6 Å². The first-order valence-corrected chi connectivity index (χ1v) is 4.75. The van der Waals surface area contributed by atoms with Gasteiger partial charge in [0, 0.05) is 17.5 Å². The number of rotatable bonds is 1. The Morgan fingerprint density at radius 1 is 1.20 bits per heavy atom. The number of anilines is 1. The Labute approximate surface area is 92.2 Å². The van der Waals surface area contributed by atoms with Gasteiger partial charge in [-0.25, -0.2) is 9.97 Å². The summed E-state index contributed by atoms with van der Waals surface area (Å²) in [6.45, 7) is 1.92. The number of hydrogen-bond acceptors (Lipinski definition) is 4. The Kier molecular flexibility index (Phi) is 2.51. The molecule has 15 heavy (non-hydrogen) atoms. The van der Waals surface area contributed by atoms with Crippen LogP contribution in [0.3, 0.4) is 0 Å². The molecule has 4 nitrogen and oxygen atoms in total. The maximum atomic E-state index is 5.99. The van der Waals surface area contributed by atoms with E-state index in [4.69, 9.17) is 17.3 Å². The van der Waals surface area contributed by atoms with E-state index in [2.05, 4.69) is 15.0 Å². The van der Waals surface area contributed by atoms with Gasteiger partial charge in [0.25, 0.3) is 0 Å². The molecule has 0 aromatic carbocycles. The predicted molar refractivity (Wildman–Crippen MR) is 59.4 cm³/mol. The van der Waals surface area contributed by atoms with Gasteiger partial charge in [0.1, 0.15) is 17.2 Å². The molecule has 0 aliphatic carbocycles. The van der Waals surface area contributed by atoms with Crippen LogP contribution in [0, 0.1) is 6.92 Å². The fourth-order valence-electron chi connectivity index (χ4n) is 1.19. The van der Waals surface area contributed by atoms with Gasteiger partial charge in [-0.05, 0) is 19.1 Å². The molecule has 2 heterocycles. The van der Waals surface area contributed by atoms with Gasteiger partial charge < -0.3 is 5.73 Å². The summed E-state index contributed by atoms with van der Waals surface area (Å²) < 4.78 is 0. The molecular formula is C10H9ClN4. The van der Waals surface area contributed by atoms with Crippen molar-refractivity contribution in [1.29, 1.82) is 0 Å². The molecule has 0 aliphatic heterocycles. The van der Waals surface area contributed by atoms with Crippen LogP contribution in [0.5, 0.6) is 0 Å². The first kappa shape index (κ1) is 9.86. The molecule has 0 bridgehead atoms. The lowest BCUT2D eigenvalue weighted by atomic mass is 10.2. The van der Waals surface area contributed by atoms with Crippen LogP contribution in [-0.4, -0.2) is 15.0 Å². The zero-order chi connectivity index (χ0) is 10.8. The largest absolute Gasteiger partial charge is 0.382 e. The van der Waals surface area contributed by atoms with Gasteiger partial charge in [0.05, 0.1) is 5.69 Å². The van der Waals surface area contributed by atoms with Crippen molar-refractivity contribution in [2.24, 2.45) is 0 Å². The molecule has 0 radical (unpaired) electrons. The number of nitrogens with two attached hydrogens (primary N) is 1. The normalized spacial score (nSPS) is 10.3. The van der Waals surface area contributed by atoms with Crippen LogP contribution < -0.4 is 5.73 Å². The smallest absolute Gasteiger partial charge is 0.146 e. The van der Waals surface area contributed by atoms with Crippen molar-refractivity contribution in [3.8, 4) is 11.3 Å². The van der Waals surface area contributed by atoms with Gasteiger partial charge in [-0.15, -0.1) is 0 Å². The summed E-state index contributed by atoms with van der Waals surface area (Å²) >= 11 is 5.99. The minimum absolute atomic E-state index is 0.280. The lowest BCUT2D eigenvalue weighted by Crippen LogP contribution is -1.95. The van der Waals surface area contributed by atoms with Crippen molar-refractivity contribution in [2.45, 2.75) is 6.92 Å². The minimum atomic E-state index is 0.280. The van der Waals surface area contributed by atoms with E-state index in [9.17, 15) is 0 Å². The van der Waals surface area contributed by atoms with Crippen LogP contribution in [0.15, 0.2) is 24.7 Å². The standard InChI is InChI=1S/C10H9ClN4/c1-6-2-3-7(4-13-6)9-8(11)10(12)15-5-14-9/h2-5H,1H3,(H2,12,14,15). The Morgan fingerprint density at radius 2 is 2.00 bits per heavy atom. The molecule has 0 spiro atoms. The Hall–Kier alpha value is -1.68. The zero-order valence-corrected chi connectivity index (χ0v) is 8.86. The monoisotopic (exact) mass is 220 g/mol. The number of aryl methyl sites for hydroxylation is 1. The first-order chi connectivity index (χ1) is 7.18. The van der Waals surface area contributed by atoms with E-state index in [-0.39, 0.29) is 5.82 Å². The Balaban J connectivity index is 2.54. The quantitative estimate of drug-likeness (QED) is 0.799. The number of nitrogens with zero attached hydrogens (tertiary/aromatic N) is 3. The summed E-state index contributed by atoms with van der Waals surface area (Å²) in [6, 6.07) is 3.79. The van der Waals surface area contributed by atoms with Gasteiger partial charge in [-0.2, -0.15) is 0 Å². The van der Waals surface area contributed by atoms with Crippen molar-refractivity contribution < 1.29 is 0 Å². The molecule has 0 atom stereocenters. The number of hydrogen-bond donors (Lipinski definition) is 1. The second-order valence-electron chi connectivity index (χ2n) is 3.11. The predicted octanol–water partition coefficient (Wildman–Crippen LogP) is 2.08. The van der Waals surface area contributed by atoms with Crippen LogP contribution in [0.25, 0.3) is 11.3 Å². The summed E-state index contributed by atoms with van der Waals surface area (Å²) in [5.74, 6) is 0.280. The molecule has 76 valence electrons. The minimum Gasteiger partial charge on any atom is -0.382 e. The molecular weight excluding hydrogens is 212 g/mol. The molecule has 2 N–H and O–H groups in total. The SMILES string of the molecule is Cc1ccc(-c2ncnc(N)c2Cl)cn1. The van der Waals surface area contributed by atoms with Crippen molar-refractivity contribution in [3.63, 3.8) is 0 Å². The Morgan fingerprint density at radius 3 is 2.67 bits per heavy atom. The van der Waals surface area contributed by atoms with E-state index in [0.717, 1.165) is 11.3 Å². The average Bonchev–Trinajstić information content (AvgIpc) is 2.24. The number of halogens is 1. The lowest BCUT2D eigenvalue weighted by molar-refractivity contribution is 1.16. The lowest BCUT2D eigenvalue weighted by Gasteiger charge is -2.04. The molecule has 0 saturated carbocycles. The van der Waals surface area contributed by atoms with Crippen LogP contribution in [-0.2, 0) is 0 Å². The van der Waals surface area contributed by atoms with Crippen LogP contribution in [0.4, 0.5) is 5.82 Å². The Bertz CT molecular complexity index is 481. The molecule has 2 aromatic heterocycles.